The summed E-state index contributed by atoms with van der Waals surface area (Å²) in [5.74, 6) is 1.33. The summed E-state index contributed by atoms with van der Waals surface area (Å²) >= 11 is 3.36. The maximum absolute atomic E-state index is 13.8. The van der Waals surface area contributed by atoms with Gasteiger partial charge in [0.25, 0.3) is 0 Å². The molecule has 1 unspecified atom stereocenters. The zero-order valence-electron chi connectivity index (χ0n) is 10.4. The molecule has 5 heteroatoms. The molecule has 1 aliphatic rings. The molecule has 19 heavy (non-hydrogen) atoms. The zero-order valence-corrected chi connectivity index (χ0v) is 12.0. The second-order valence-corrected chi connectivity index (χ2v) is 5.85. The van der Waals surface area contributed by atoms with Crippen LogP contribution in [-0.4, -0.2) is 23.1 Å². The Hall–Kier alpha value is -1.20. The Morgan fingerprint density at radius 3 is 3.11 bits per heavy atom. The molecule has 1 saturated heterocycles. The highest BCUT2D eigenvalue weighted by Gasteiger charge is 2.17. The molecule has 1 atom stereocenters. The lowest BCUT2D eigenvalue weighted by atomic mass is 10.1. The Morgan fingerprint density at radius 1 is 1.42 bits per heavy atom. The molecule has 3 nitrogen and oxygen atoms in total. The van der Waals surface area contributed by atoms with Crippen molar-refractivity contribution in [2.75, 3.05) is 13.1 Å². The number of aromatic nitrogens is 2. The standard InChI is InChI=1S/C14H15BrFN3/c15-10-1-2-12(16)11(6-10)13-8-18-14(19-13)5-9-3-4-17-7-9/h1-2,6,8-9,17H,3-5,7H2,(H,18,19). The fourth-order valence-corrected chi connectivity index (χ4v) is 2.83. The van der Waals surface area contributed by atoms with Crippen molar-refractivity contribution in [1.29, 1.82) is 0 Å². The highest BCUT2D eigenvalue weighted by molar-refractivity contribution is 9.10. The van der Waals surface area contributed by atoms with Crippen LogP contribution in [-0.2, 0) is 6.42 Å². The van der Waals surface area contributed by atoms with E-state index in [-0.39, 0.29) is 5.82 Å². The summed E-state index contributed by atoms with van der Waals surface area (Å²) in [4.78, 5) is 7.59. The van der Waals surface area contributed by atoms with Crippen LogP contribution < -0.4 is 5.32 Å². The van der Waals surface area contributed by atoms with Crippen molar-refractivity contribution in [1.82, 2.24) is 15.3 Å². The first-order chi connectivity index (χ1) is 9.22. The van der Waals surface area contributed by atoms with Gasteiger partial charge >= 0.3 is 0 Å². The Bertz CT molecular complexity index is 576. The van der Waals surface area contributed by atoms with Gasteiger partial charge in [-0.2, -0.15) is 0 Å². The van der Waals surface area contributed by atoms with Crippen molar-refractivity contribution in [3.63, 3.8) is 0 Å². The number of aromatic amines is 1. The SMILES string of the molecule is Fc1ccc(Br)cc1-c1cnc(CC2CCNC2)[nH]1. The van der Waals surface area contributed by atoms with Gasteiger partial charge in [-0.25, -0.2) is 9.37 Å². The van der Waals surface area contributed by atoms with E-state index >= 15 is 0 Å². The third-order valence-electron chi connectivity index (χ3n) is 3.49. The van der Waals surface area contributed by atoms with E-state index in [2.05, 4.69) is 31.2 Å². The first-order valence-electron chi connectivity index (χ1n) is 6.42. The molecule has 0 bridgehead atoms. The molecule has 0 aliphatic carbocycles. The van der Waals surface area contributed by atoms with Crippen molar-refractivity contribution in [3.05, 3.63) is 40.5 Å². The maximum Gasteiger partial charge on any atom is 0.132 e. The lowest BCUT2D eigenvalue weighted by Gasteiger charge is -2.05. The van der Waals surface area contributed by atoms with E-state index in [9.17, 15) is 4.39 Å². The molecule has 0 spiro atoms. The average Bonchev–Trinajstić information content (AvgIpc) is 3.04. The summed E-state index contributed by atoms with van der Waals surface area (Å²) in [5, 5.41) is 3.34. The van der Waals surface area contributed by atoms with Crippen molar-refractivity contribution in [3.8, 4) is 11.3 Å². The smallest absolute Gasteiger partial charge is 0.132 e. The van der Waals surface area contributed by atoms with Gasteiger partial charge in [-0.1, -0.05) is 15.9 Å². The van der Waals surface area contributed by atoms with Gasteiger partial charge in [-0.05, 0) is 43.6 Å². The summed E-state index contributed by atoms with van der Waals surface area (Å²) in [6, 6.07) is 4.92. The highest BCUT2D eigenvalue weighted by Crippen LogP contribution is 2.25. The van der Waals surface area contributed by atoms with E-state index in [1.54, 1.807) is 18.3 Å². The molecule has 1 aromatic heterocycles. The second-order valence-electron chi connectivity index (χ2n) is 4.93. The highest BCUT2D eigenvalue weighted by atomic mass is 79.9. The van der Waals surface area contributed by atoms with E-state index in [0.29, 0.717) is 11.5 Å². The van der Waals surface area contributed by atoms with Gasteiger partial charge in [0.2, 0.25) is 0 Å². The number of rotatable bonds is 3. The largest absolute Gasteiger partial charge is 0.342 e. The van der Waals surface area contributed by atoms with Crippen LogP contribution in [0.2, 0.25) is 0 Å². The number of halogens is 2. The van der Waals surface area contributed by atoms with Crippen LogP contribution in [0.3, 0.4) is 0 Å². The Balaban J connectivity index is 1.82. The number of benzene rings is 1. The van der Waals surface area contributed by atoms with Crippen molar-refractivity contribution in [2.45, 2.75) is 12.8 Å². The van der Waals surface area contributed by atoms with E-state index in [4.69, 9.17) is 0 Å². The molecule has 1 aliphatic heterocycles. The first kappa shape index (κ1) is 12.8. The fourth-order valence-electron chi connectivity index (χ4n) is 2.47. The number of imidazole rings is 1. The molecule has 100 valence electrons. The molecule has 0 radical (unpaired) electrons. The molecule has 1 aromatic carbocycles. The van der Waals surface area contributed by atoms with Crippen LogP contribution >= 0.6 is 15.9 Å². The predicted octanol–water partition coefficient (Wildman–Crippen LogP) is 3.13. The molecule has 0 amide bonds. The Morgan fingerprint density at radius 2 is 2.32 bits per heavy atom. The Labute approximate surface area is 119 Å². The number of hydrogen-bond donors (Lipinski definition) is 2. The number of nitrogens with one attached hydrogen (secondary N) is 2. The molecule has 2 heterocycles. The van der Waals surface area contributed by atoms with Gasteiger partial charge < -0.3 is 10.3 Å². The third kappa shape index (κ3) is 2.87. The second kappa shape index (κ2) is 5.43. The molecule has 3 rings (SSSR count). The van der Waals surface area contributed by atoms with Crippen LogP contribution in [0.4, 0.5) is 4.39 Å². The minimum atomic E-state index is -0.235. The van der Waals surface area contributed by atoms with Crippen LogP contribution in [0.15, 0.2) is 28.9 Å². The van der Waals surface area contributed by atoms with Gasteiger partial charge in [0, 0.05) is 16.5 Å². The average molecular weight is 324 g/mol. The predicted molar refractivity (Wildman–Crippen MR) is 76.4 cm³/mol. The van der Waals surface area contributed by atoms with Gasteiger partial charge in [0.15, 0.2) is 0 Å². The summed E-state index contributed by atoms with van der Waals surface area (Å²) < 4.78 is 14.7. The van der Waals surface area contributed by atoms with Gasteiger partial charge in [0.05, 0.1) is 11.9 Å². The quantitative estimate of drug-likeness (QED) is 0.911. The summed E-state index contributed by atoms with van der Waals surface area (Å²) in [5.41, 5.74) is 1.29. The van der Waals surface area contributed by atoms with Crippen LogP contribution in [0.1, 0.15) is 12.2 Å². The normalized spacial score (nSPS) is 18.9. The summed E-state index contributed by atoms with van der Waals surface area (Å²) in [6.07, 6.45) is 3.81. The van der Waals surface area contributed by atoms with Crippen LogP contribution in [0.25, 0.3) is 11.3 Å². The van der Waals surface area contributed by atoms with E-state index in [1.807, 2.05) is 0 Å². The lowest BCUT2D eigenvalue weighted by molar-refractivity contribution is 0.565. The minimum Gasteiger partial charge on any atom is -0.342 e. The van der Waals surface area contributed by atoms with Crippen LogP contribution in [0.5, 0.6) is 0 Å². The van der Waals surface area contributed by atoms with Gasteiger partial charge in [0.1, 0.15) is 11.6 Å². The van der Waals surface area contributed by atoms with Crippen molar-refractivity contribution in [2.24, 2.45) is 5.92 Å². The molecule has 2 aromatic rings. The number of H-pyrrole nitrogens is 1. The fraction of sp³-hybridized carbons (Fsp3) is 0.357. The Kier molecular flexibility index (Phi) is 3.66. The van der Waals surface area contributed by atoms with E-state index in [0.717, 1.165) is 35.5 Å². The van der Waals surface area contributed by atoms with E-state index < -0.39 is 0 Å². The molecule has 1 fully saturated rings. The summed E-state index contributed by atoms with van der Waals surface area (Å²) in [6.45, 7) is 2.12. The topological polar surface area (TPSA) is 40.7 Å². The zero-order chi connectivity index (χ0) is 13.2. The van der Waals surface area contributed by atoms with Gasteiger partial charge in [-0.3, -0.25) is 0 Å². The molecule has 0 saturated carbocycles. The monoisotopic (exact) mass is 323 g/mol. The molecular formula is C14H15BrFN3. The maximum atomic E-state index is 13.8. The van der Waals surface area contributed by atoms with Crippen molar-refractivity contribution >= 4 is 15.9 Å². The number of nitrogens with zero attached hydrogens (tertiary/aromatic N) is 1. The lowest BCUT2D eigenvalue weighted by Crippen LogP contribution is -2.11. The first-order valence-corrected chi connectivity index (χ1v) is 7.21. The third-order valence-corrected chi connectivity index (χ3v) is 3.98. The summed E-state index contributed by atoms with van der Waals surface area (Å²) in [7, 11) is 0. The molecule has 2 N–H and O–H groups in total. The van der Waals surface area contributed by atoms with Crippen LogP contribution in [0, 0.1) is 11.7 Å². The number of hydrogen-bond acceptors (Lipinski definition) is 2. The van der Waals surface area contributed by atoms with Crippen molar-refractivity contribution < 1.29 is 4.39 Å². The molecular weight excluding hydrogens is 309 g/mol. The van der Waals surface area contributed by atoms with E-state index in [1.165, 1.54) is 12.5 Å². The minimum absolute atomic E-state index is 0.235. The van der Waals surface area contributed by atoms with Gasteiger partial charge in [-0.15, -0.1) is 0 Å².